The summed E-state index contributed by atoms with van der Waals surface area (Å²) in [6.45, 7) is 9.28. The molecule has 0 aliphatic carbocycles. The Labute approximate surface area is 175 Å². The minimum Gasteiger partial charge on any atom is -0.383 e. The largest absolute Gasteiger partial charge is 0.383 e. The Morgan fingerprint density at radius 3 is 2.33 bits per heavy atom. The predicted octanol–water partition coefficient (Wildman–Crippen LogP) is 1.99. The van der Waals surface area contributed by atoms with E-state index in [2.05, 4.69) is 53.6 Å². The maximum absolute atomic E-state index is 11.7. The lowest BCUT2D eigenvalue weighted by atomic mass is 10.1. The molecule has 1 amide bonds. The molecule has 1 aromatic rings. The number of morpholine rings is 1. The number of hydrogen-bond donors (Lipinski definition) is 2. The molecule has 0 radical (unpaired) electrons. The standard InChI is InChI=1S/C19H31N3O3.2ClH/c1-15-12-22(13-16(2)25-15)14-18-6-4-17(5-7-18)10-21-19(23)11-20-8-9-24-3;;/h4-7,15-16,20H,8-14H2,1-3H3,(H,21,23);2*1H. The monoisotopic (exact) mass is 421 g/mol. The van der Waals surface area contributed by atoms with Crippen molar-refractivity contribution in [1.82, 2.24) is 15.5 Å². The van der Waals surface area contributed by atoms with Crippen molar-refractivity contribution in [3.8, 4) is 0 Å². The first kappa shape index (κ1) is 26.1. The molecular weight excluding hydrogens is 389 g/mol. The fourth-order valence-electron chi connectivity index (χ4n) is 3.07. The van der Waals surface area contributed by atoms with Crippen LogP contribution in [-0.4, -0.2) is 62.9 Å². The highest BCUT2D eigenvalue weighted by atomic mass is 35.5. The van der Waals surface area contributed by atoms with Gasteiger partial charge in [-0.05, 0) is 25.0 Å². The van der Waals surface area contributed by atoms with Crippen molar-refractivity contribution in [2.45, 2.75) is 39.1 Å². The number of halogens is 2. The summed E-state index contributed by atoms with van der Waals surface area (Å²) >= 11 is 0. The van der Waals surface area contributed by atoms with Gasteiger partial charge in [0, 0.05) is 39.8 Å². The molecule has 156 valence electrons. The van der Waals surface area contributed by atoms with E-state index in [9.17, 15) is 4.79 Å². The lowest BCUT2D eigenvalue weighted by molar-refractivity contribution is -0.120. The van der Waals surface area contributed by atoms with Gasteiger partial charge in [-0.2, -0.15) is 0 Å². The molecule has 8 heteroatoms. The van der Waals surface area contributed by atoms with Crippen molar-refractivity contribution in [1.29, 1.82) is 0 Å². The maximum Gasteiger partial charge on any atom is 0.234 e. The highest BCUT2D eigenvalue weighted by Crippen LogP contribution is 2.14. The number of ether oxygens (including phenoxy) is 2. The Bertz CT molecular complexity index is 521. The minimum absolute atomic E-state index is 0. The van der Waals surface area contributed by atoms with E-state index in [4.69, 9.17) is 9.47 Å². The quantitative estimate of drug-likeness (QED) is 0.596. The van der Waals surface area contributed by atoms with Gasteiger partial charge in [0.2, 0.25) is 5.91 Å². The molecule has 6 nitrogen and oxygen atoms in total. The lowest BCUT2D eigenvalue weighted by Gasteiger charge is -2.35. The van der Waals surface area contributed by atoms with Crippen molar-refractivity contribution < 1.29 is 14.3 Å². The summed E-state index contributed by atoms with van der Waals surface area (Å²) < 4.78 is 10.7. The van der Waals surface area contributed by atoms with E-state index < -0.39 is 0 Å². The molecule has 2 N–H and O–H groups in total. The highest BCUT2D eigenvalue weighted by Gasteiger charge is 2.21. The molecule has 27 heavy (non-hydrogen) atoms. The second-order valence-electron chi connectivity index (χ2n) is 6.71. The zero-order valence-electron chi connectivity index (χ0n) is 16.4. The SMILES string of the molecule is COCCNCC(=O)NCc1ccc(CN2CC(C)OC(C)C2)cc1.Cl.Cl. The molecule has 1 fully saturated rings. The summed E-state index contributed by atoms with van der Waals surface area (Å²) in [7, 11) is 1.64. The summed E-state index contributed by atoms with van der Waals surface area (Å²) in [4.78, 5) is 14.2. The van der Waals surface area contributed by atoms with Crippen LogP contribution >= 0.6 is 24.8 Å². The number of rotatable bonds is 9. The summed E-state index contributed by atoms with van der Waals surface area (Å²) in [5.74, 6) is -0.00327. The van der Waals surface area contributed by atoms with Crippen molar-refractivity contribution in [3.63, 3.8) is 0 Å². The van der Waals surface area contributed by atoms with Crippen molar-refractivity contribution in [2.24, 2.45) is 0 Å². The molecule has 2 rings (SSSR count). The van der Waals surface area contributed by atoms with Gasteiger partial charge < -0.3 is 20.1 Å². The topological polar surface area (TPSA) is 62.8 Å². The first-order valence-electron chi connectivity index (χ1n) is 8.99. The summed E-state index contributed by atoms with van der Waals surface area (Å²) in [5, 5.41) is 5.95. The van der Waals surface area contributed by atoms with Crippen LogP contribution in [0.3, 0.4) is 0 Å². The zero-order chi connectivity index (χ0) is 18.1. The number of amides is 1. The van der Waals surface area contributed by atoms with Crippen LogP contribution in [-0.2, 0) is 27.4 Å². The molecule has 1 heterocycles. The molecule has 0 aromatic heterocycles. The van der Waals surface area contributed by atoms with E-state index in [1.54, 1.807) is 7.11 Å². The average molecular weight is 422 g/mol. The van der Waals surface area contributed by atoms with Crippen LogP contribution < -0.4 is 10.6 Å². The average Bonchev–Trinajstić information content (AvgIpc) is 2.57. The van der Waals surface area contributed by atoms with E-state index in [0.717, 1.165) is 25.2 Å². The molecule has 0 saturated carbocycles. The van der Waals surface area contributed by atoms with Gasteiger partial charge in [0.25, 0.3) is 0 Å². The van der Waals surface area contributed by atoms with Gasteiger partial charge in [-0.1, -0.05) is 24.3 Å². The zero-order valence-corrected chi connectivity index (χ0v) is 18.0. The van der Waals surface area contributed by atoms with Gasteiger partial charge in [0.1, 0.15) is 0 Å². The van der Waals surface area contributed by atoms with E-state index in [0.29, 0.717) is 26.2 Å². The van der Waals surface area contributed by atoms with Gasteiger partial charge >= 0.3 is 0 Å². The third kappa shape index (κ3) is 10.3. The van der Waals surface area contributed by atoms with Gasteiger partial charge in [0.05, 0.1) is 25.4 Å². The molecule has 1 aliphatic heterocycles. The van der Waals surface area contributed by atoms with E-state index in [1.165, 1.54) is 5.56 Å². The Morgan fingerprint density at radius 1 is 1.15 bits per heavy atom. The maximum atomic E-state index is 11.7. The third-order valence-electron chi connectivity index (χ3n) is 4.18. The smallest absolute Gasteiger partial charge is 0.234 e. The highest BCUT2D eigenvalue weighted by molar-refractivity contribution is 5.85. The summed E-state index contributed by atoms with van der Waals surface area (Å²) in [6.07, 6.45) is 0.575. The summed E-state index contributed by atoms with van der Waals surface area (Å²) in [5.41, 5.74) is 2.40. The number of carbonyl (C=O) groups excluding carboxylic acids is 1. The van der Waals surface area contributed by atoms with Gasteiger partial charge in [0.15, 0.2) is 0 Å². The van der Waals surface area contributed by atoms with Crippen molar-refractivity contribution in [3.05, 3.63) is 35.4 Å². The Kier molecular flexibility index (Phi) is 13.7. The number of methoxy groups -OCH3 is 1. The Morgan fingerprint density at radius 2 is 1.74 bits per heavy atom. The van der Waals surface area contributed by atoms with Crippen molar-refractivity contribution >= 4 is 30.7 Å². The third-order valence-corrected chi connectivity index (χ3v) is 4.18. The summed E-state index contributed by atoms with van der Waals surface area (Å²) in [6, 6.07) is 8.45. The number of benzene rings is 1. The number of nitrogens with one attached hydrogen (secondary N) is 2. The fraction of sp³-hybridized carbons (Fsp3) is 0.632. The number of hydrogen-bond acceptors (Lipinski definition) is 5. The van der Waals surface area contributed by atoms with Gasteiger partial charge in [-0.25, -0.2) is 0 Å². The molecule has 2 unspecified atom stereocenters. The van der Waals surface area contributed by atoms with Crippen LogP contribution in [0.25, 0.3) is 0 Å². The molecule has 2 atom stereocenters. The Hall–Kier alpha value is -0.890. The second kappa shape index (κ2) is 14.2. The van der Waals surface area contributed by atoms with Crippen molar-refractivity contribution in [2.75, 3.05) is 39.9 Å². The molecule has 1 saturated heterocycles. The second-order valence-corrected chi connectivity index (χ2v) is 6.71. The first-order valence-corrected chi connectivity index (χ1v) is 8.99. The molecule has 1 aliphatic rings. The van der Waals surface area contributed by atoms with E-state index >= 15 is 0 Å². The minimum atomic E-state index is -0.00327. The van der Waals surface area contributed by atoms with Crippen LogP contribution in [0.15, 0.2) is 24.3 Å². The molecule has 0 bridgehead atoms. The Balaban J connectivity index is 0.00000338. The lowest BCUT2D eigenvalue weighted by Crippen LogP contribution is -2.44. The first-order chi connectivity index (χ1) is 12.1. The molecular formula is C19H33Cl2N3O3. The van der Waals surface area contributed by atoms with E-state index in [1.807, 2.05) is 0 Å². The van der Waals surface area contributed by atoms with Crippen LogP contribution in [0.2, 0.25) is 0 Å². The van der Waals surface area contributed by atoms with Crippen LogP contribution in [0.4, 0.5) is 0 Å². The number of nitrogens with zero attached hydrogens (tertiary/aromatic N) is 1. The normalized spacial score (nSPS) is 19.7. The van der Waals surface area contributed by atoms with Crippen LogP contribution in [0.5, 0.6) is 0 Å². The van der Waals surface area contributed by atoms with E-state index in [-0.39, 0.29) is 42.9 Å². The van der Waals surface area contributed by atoms with Gasteiger partial charge in [-0.3, -0.25) is 9.69 Å². The fourth-order valence-corrected chi connectivity index (χ4v) is 3.07. The predicted molar refractivity (Wildman–Crippen MR) is 113 cm³/mol. The van der Waals surface area contributed by atoms with Crippen LogP contribution in [0.1, 0.15) is 25.0 Å². The number of carbonyl (C=O) groups is 1. The van der Waals surface area contributed by atoms with Crippen LogP contribution in [0, 0.1) is 0 Å². The molecule has 0 spiro atoms. The van der Waals surface area contributed by atoms with Gasteiger partial charge in [-0.15, -0.1) is 24.8 Å². The molecule has 1 aromatic carbocycles.